The van der Waals surface area contributed by atoms with E-state index in [-0.39, 0.29) is 18.7 Å². The van der Waals surface area contributed by atoms with Gasteiger partial charge in [-0.2, -0.15) is 5.10 Å². The lowest BCUT2D eigenvalue weighted by molar-refractivity contribution is -0.139. The Morgan fingerprint density at radius 1 is 1.39 bits per heavy atom. The lowest BCUT2D eigenvalue weighted by Crippen LogP contribution is -2.51. The van der Waals surface area contributed by atoms with Crippen LogP contribution in [0.4, 0.5) is 0 Å². The van der Waals surface area contributed by atoms with Gasteiger partial charge >= 0.3 is 5.97 Å². The molecule has 0 aromatic carbocycles. The Morgan fingerprint density at radius 3 is 2.78 bits per heavy atom. The fourth-order valence-electron chi connectivity index (χ4n) is 2.20. The first-order chi connectivity index (χ1) is 10.9. The largest absolute Gasteiger partial charge is 0.481 e. The molecule has 23 heavy (non-hydrogen) atoms. The first-order valence-electron chi connectivity index (χ1n) is 6.94. The number of rotatable bonds is 7. The molecule has 0 bridgehead atoms. The van der Waals surface area contributed by atoms with E-state index < -0.39 is 17.4 Å². The molecule has 2 aromatic rings. The number of ether oxygens (including phenoxy) is 1. The van der Waals surface area contributed by atoms with Crippen molar-refractivity contribution in [2.75, 3.05) is 13.7 Å². The summed E-state index contributed by atoms with van der Waals surface area (Å²) in [4.78, 5) is 27.6. The Kier molecular flexibility index (Phi) is 5.07. The number of amides is 1. The Morgan fingerprint density at radius 2 is 2.17 bits per heavy atom. The number of carbonyl (C=O) groups is 2. The zero-order valence-electron chi connectivity index (χ0n) is 12.9. The summed E-state index contributed by atoms with van der Waals surface area (Å²) >= 11 is 0. The van der Waals surface area contributed by atoms with E-state index in [0.717, 1.165) is 0 Å². The van der Waals surface area contributed by atoms with Crippen LogP contribution >= 0.6 is 0 Å². The van der Waals surface area contributed by atoms with Crippen LogP contribution in [-0.4, -0.2) is 51.0 Å². The predicted octanol–water partition coefficient (Wildman–Crippen LogP) is 0.877. The maximum atomic E-state index is 12.4. The SMILES string of the molecule is COCC(C)(CC(=O)O)NC(=O)c1cccc(-n2cccn2)n1. The molecule has 122 valence electrons. The van der Waals surface area contributed by atoms with E-state index in [2.05, 4.69) is 15.4 Å². The van der Waals surface area contributed by atoms with Crippen LogP contribution in [0.5, 0.6) is 0 Å². The van der Waals surface area contributed by atoms with E-state index in [9.17, 15) is 9.59 Å². The van der Waals surface area contributed by atoms with Crippen molar-refractivity contribution in [3.8, 4) is 5.82 Å². The predicted molar refractivity (Wildman–Crippen MR) is 81.4 cm³/mol. The number of pyridine rings is 1. The number of hydrogen-bond donors (Lipinski definition) is 2. The fourth-order valence-corrected chi connectivity index (χ4v) is 2.20. The smallest absolute Gasteiger partial charge is 0.305 e. The Bertz CT molecular complexity index is 687. The molecule has 0 spiro atoms. The van der Waals surface area contributed by atoms with Crippen LogP contribution in [0.3, 0.4) is 0 Å². The normalized spacial score (nSPS) is 13.3. The van der Waals surface area contributed by atoms with E-state index in [1.807, 2.05) is 0 Å². The third-order valence-electron chi connectivity index (χ3n) is 3.13. The molecular weight excluding hydrogens is 300 g/mol. The lowest BCUT2D eigenvalue weighted by Gasteiger charge is -2.28. The molecule has 1 atom stereocenters. The molecule has 2 N–H and O–H groups in total. The minimum atomic E-state index is -1.03. The molecule has 0 aliphatic heterocycles. The van der Waals surface area contributed by atoms with Gasteiger partial charge in [-0.25, -0.2) is 9.67 Å². The number of methoxy groups -OCH3 is 1. The van der Waals surface area contributed by atoms with Gasteiger partial charge in [-0.05, 0) is 25.1 Å². The van der Waals surface area contributed by atoms with Crippen LogP contribution in [0, 0.1) is 0 Å². The van der Waals surface area contributed by atoms with Gasteiger partial charge in [0.25, 0.3) is 5.91 Å². The molecular formula is C15H18N4O4. The maximum absolute atomic E-state index is 12.4. The molecule has 0 aliphatic carbocycles. The summed E-state index contributed by atoms with van der Waals surface area (Å²) in [5, 5.41) is 15.7. The molecule has 1 unspecified atom stereocenters. The summed E-state index contributed by atoms with van der Waals surface area (Å²) in [5.41, 5.74) is -0.855. The lowest BCUT2D eigenvalue weighted by atomic mass is 9.98. The number of carboxylic acids is 1. The van der Waals surface area contributed by atoms with E-state index in [0.29, 0.717) is 5.82 Å². The van der Waals surface area contributed by atoms with Gasteiger partial charge < -0.3 is 15.2 Å². The standard InChI is InChI=1S/C15H18N4O4/c1-15(10-23-2,9-13(20)21)18-14(22)11-5-3-6-12(17-11)19-8-4-7-16-19/h3-8H,9-10H2,1-2H3,(H,18,22)(H,20,21). The van der Waals surface area contributed by atoms with Gasteiger partial charge in [-0.3, -0.25) is 9.59 Å². The summed E-state index contributed by atoms with van der Waals surface area (Å²) in [5.74, 6) is -1.00. The van der Waals surface area contributed by atoms with Crippen LogP contribution in [0.15, 0.2) is 36.7 Å². The Labute approximate surface area is 133 Å². The highest BCUT2D eigenvalue weighted by Gasteiger charge is 2.30. The van der Waals surface area contributed by atoms with Gasteiger partial charge in [-0.15, -0.1) is 0 Å². The highest BCUT2D eigenvalue weighted by Crippen LogP contribution is 2.12. The third-order valence-corrected chi connectivity index (χ3v) is 3.13. The van der Waals surface area contributed by atoms with Gasteiger partial charge in [0.15, 0.2) is 5.82 Å². The van der Waals surface area contributed by atoms with Crippen LogP contribution in [0.1, 0.15) is 23.8 Å². The van der Waals surface area contributed by atoms with Gasteiger partial charge in [0.05, 0.1) is 18.6 Å². The summed E-state index contributed by atoms with van der Waals surface area (Å²) in [6.45, 7) is 1.68. The van der Waals surface area contributed by atoms with Crippen molar-refractivity contribution < 1.29 is 19.4 Å². The number of hydrogen-bond acceptors (Lipinski definition) is 5. The maximum Gasteiger partial charge on any atom is 0.305 e. The van der Waals surface area contributed by atoms with Crippen LogP contribution in [-0.2, 0) is 9.53 Å². The van der Waals surface area contributed by atoms with Crippen molar-refractivity contribution in [1.82, 2.24) is 20.1 Å². The molecule has 0 fully saturated rings. The molecule has 0 saturated heterocycles. The molecule has 2 heterocycles. The molecule has 0 aliphatic rings. The average molecular weight is 318 g/mol. The second-order valence-electron chi connectivity index (χ2n) is 5.35. The monoisotopic (exact) mass is 318 g/mol. The fraction of sp³-hybridized carbons (Fsp3) is 0.333. The van der Waals surface area contributed by atoms with Crippen molar-refractivity contribution in [1.29, 1.82) is 0 Å². The van der Waals surface area contributed by atoms with Crippen molar-refractivity contribution in [3.63, 3.8) is 0 Å². The quantitative estimate of drug-likeness (QED) is 0.785. The van der Waals surface area contributed by atoms with Crippen molar-refractivity contribution in [2.24, 2.45) is 0 Å². The minimum absolute atomic E-state index is 0.0733. The first kappa shape index (κ1) is 16.6. The average Bonchev–Trinajstić information content (AvgIpc) is 3.00. The second-order valence-corrected chi connectivity index (χ2v) is 5.35. The van der Waals surface area contributed by atoms with Crippen LogP contribution < -0.4 is 5.32 Å². The summed E-state index contributed by atoms with van der Waals surface area (Å²) in [6.07, 6.45) is 3.06. The van der Waals surface area contributed by atoms with Gasteiger partial charge in [0, 0.05) is 19.5 Å². The Balaban J connectivity index is 2.19. The van der Waals surface area contributed by atoms with Crippen LogP contribution in [0.25, 0.3) is 5.82 Å². The summed E-state index contributed by atoms with van der Waals surface area (Å²) in [6, 6.07) is 6.70. The van der Waals surface area contributed by atoms with Gasteiger partial charge in [0.2, 0.25) is 0 Å². The Hall–Kier alpha value is -2.74. The van der Waals surface area contributed by atoms with E-state index in [4.69, 9.17) is 9.84 Å². The van der Waals surface area contributed by atoms with Crippen molar-refractivity contribution in [3.05, 3.63) is 42.4 Å². The van der Waals surface area contributed by atoms with Gasteiger partial charge in [0.1, 0.15) is 5.69 Å². The first-order valence-corrected chi connectivity index (χ1v) is 6.94. The van der Waals surface area contributed by atoms with Crippen molar-refractivity contribution in [2.45, 2.75) is 18.9 Å². The highest BCUT2D eigenvalue weighted by atomic mass is 16.5. The number of nitrogens with one attached hydrogen (secondary N) is 1. The number of aromatic nitrogens is 3. The number of aliphatic carboxylic acids is 1. The number of carbonyl (C=O) groups excluding carboxylic acids is 1. The van der Waals surface area contributed by atoms with E-state index in [1.165, 1.54) is 11.8 Å². The number of carboxylic acid groups (broad SMARTS) is 1. The van der Waals surface area contributed by atoms with E-state index in [1.54, 1.807) is 43.6 Å². The van der Waals surface area contributed by atoms with Gasteiger partial charge in [-0.1, -0.05) is 6.07 Å². The topological polar surface area (TPSA) is 106 Å². The molecule has 8 heteroatoms. The summed E-state index contributed by atoms with van der Waals surface area (Å²) in [7, 11) is 1.45. The molecule has 0 saturated carbocycles. The molecule has 2 aromatic heterocycles. The zero-order chi connectivity index (χ0) is 16.9. The highest BCUT2D eigenvalue weighted by molar-refractivity contribution is 5.93. The zero-order valence-corrected chi connectivity index (χ0v) is 12.9. The third kappa shape index (κ3) is 4.36. The number of nitrogens with zero attached hydrogens (tertiary/aromatic N) is 3. The molecule has 8 nitrogen and oxygen atoms in total. The van der Waals surface area contributed by atoms with Crippen LogP contribution in [0.2, 0.25) is 0 Å². The second kappa shape index (κ2) is 7.01. The summed E-state index contributed by atoms with van der Waals surface area (Å²) < 4.78 is 6.54. The molecule has 0 radical (unpaired) electrons. The molecule has 1 amide bonds. The molecule has 2 rings (SSSR count). The van der Waals surface area contributed by atoms with E-state index >= 15 is 0 Å². The minimum Gasteiger partial charge on any atom is -0.481 e. The van der Waals surface area contributed by atoms with Crippen molar-refractivity contribution >= 4 is 11.9 Å².